The quantitative estimate of drug-likeness (QED) is 0.113. The molecule has 0 aliphatic rings. The van der Waals surface area contributed by atoms with Gasteiger partial charge in [-0.2, -0.15) is 0 Å². The fourth-order valence-corrected chi connectivity index (χ4v) is 4.54. The molecule has 10 heteroatoms. The molecule has 0 aliphatic heterocycles. The molecule has 38 heavy (non-hydrogen) atoms. The van der Waals surface area contributed by atoms with E-state index in [1.54, 1.807) is 48.5 Å². The number of benzene rings is 4. The van der Waals surface area contributed by atoms with Crippen molar-refractivity contribution in [3.8, 4) is 0 Å². The van der Waals surface area contributed by atoms with Gasteiger partial charge in [-0.15, -0.1) is 0 Å². The third kappa shape index (κ3) is 8.12. The minimum Gasteiger partial charge on any atom is -0.322 e. The minimum absolute atomic E-state index is 0.00438. The van der Waals surface area contributed by atoms with Crippen LogP contribution in [0.25, 0.3) is 0 Å². The van der Waals surface area contributed by atoms with Crippen LogP contribution in [0.3, 0.4) is 0 Å². The van der Waals surface area contributed by atoms with Crippen molar-refractivity contribution >= 4 is 47.5 Å². The van der Waals surface area contributed by atoms with E-state index >= 15 is 0 Å². The maximum absolute atomic E-state index is 12.3. The first-order chi connectivity index (χ1) is 18.2. The number of rotatable bonds is 7. The number of nitrogens with one attached hydrogen (secondary N) is 2. The average Bonchev–Trinajstić information content (AvgIpc) is 2.94. The SMILES string of the molecule is CC(=O)Nc1ccc([As](=O)(O)OO)cc1.O=C(Nc1ccc(C(=O)c2ccccc2)cc1)c1ccccc1. The molecule has 0 spiro atoms. The first-order valence-corrected chi connectivity index (χ1v) is 14.6. The van der Waals surface area contributed by atoms with Gasteiger partial charge < -0.3 is 5.32 Å². The zero-order valence-electron chi connectivity index (χ0n) is 20.3. The van der Waals surface area contributed by atoms with Crippen LogP contribution in [0.2, 0.25) is 0 Å². The monoisotopic (exact) mass is 576 g/mol. The van der Waals surface area contributed by atoms with Gasteiger partial charge in [0.1, 0.15) is 0 Å². The van der Waals surface area contributed by atoms with Crippen molar-refractivity contribution in [2.45, 2.75) is 6.92 Å². The molecule has 4 aromatic rings. The van der Waals surface area contributed by atoms with Crippen molar-refractivity contribution in [3.05, 3.63) is 126 Å². The van der Waals surface area contributed by atoms with Crippen LogP contribution in [0, 0.1) is 0 Å². The van der Waals surface area contributed by atoms with Gasteiger partial charge in [0, 0.05) is 22.4 Å². The number of anilines is 2. The Bertz CT molecular complexity index is 1430. The predicted octanol–water partition coefficient (Wildman–Crippen LogP) is 3.87. The molecule has 4 rings (SSSR count). The first-order valence-electron chi connectivity index (χ1n) is 11.3. The maximum atomic E-state index is 12.3. The molecule has 0 bridgehead atoms. The number of ketones is 1. The summed E-state index contributed by atoms with van der Waals surface area (Å²) in [5.74, 6) is -0.446. The summed E-state index contributed by atoms with van der Waals surface area (Å²) in [6.45, 7) is 1.35. The topological polar surface area (TPSA) is 142 Å². The molecule has 2 amide bonds. The molecule has 4 N–H and O–H groups in total. The zero-order valence-corrected chi connectivity index (χ0v) is 22.2. The van der Waals surface area contributed by atoms with Gasteiger partial charge in [-0.05, 0) is 36.4 Å². The van der Waals surface area contributed by atoms with Gasteiger partial charge in [-0.1, -0.05) is 48.5 Å². The van der Waals surface area contributed by atoms with Crippen molar-refractivity contribution < 1.29 is 31.4 Å². The molecule has 0 radical (unpaired) electrons. The molecular weight excluding hydrogens is 551 g/mol. The Kier molecular flexibility index (Phi) is 9.92. The van der Waals surface area contributed by atoms with E-state index in [1.165, 1.54) is 31.2 Å². The van der Waals surface area contributed by atoms with E-state index in [2.05, 4.69) is 14.5 Å². The summed E-state index contributed by atoms with van der Waals surface area (Å²) in [5.41, 5.74) is 2.99. The van der Waals surface area contributed by atoms with Crippen LogP contribution in [0.1, 0.15) is 33.2 Å². The van der Waals surface area contributed by atoms with Crippen LogP contribution in [0.5, 0.6) is 0 Å². The Labute approximate surface area is 222 Å². The second-order valence-electron chi connectivity index (χ2n) is 7.92. The molecule has 0 aromatic heterocycles. The normalized spacial score (nSPS) is 11.8. The zero-order chi connectivity index (χ0) is 27.5. The van der Waals surface area contributed by atoms with Crippen molar-refractivity contribution in [3.63, 3.8) is 0 Å². The fourth-order valence-electron chi connectivity index (χ4n) is 3.24. The number of hydrogen-bond acceptors (Lipinski definition) is 6. The molecule has 0 heterocycles. The van der Waals surface area contributed by atoms with Crippen LogP contribution in [-0.4, -0.2) is 41.1 Å². The van der Waals surface area contributed by atoms with Crippen molar-refractivity contribution in [2.75, 3.05) is 10.6 Å². The number of amides is 2. The average molecular weight is 576 g/mol. The van der Waals surface area contributed by atoms with E-state index < -0.39 is 14.2 Å². The van der Waals surface area contributed by atoms with E-state index in [-0.39, 0.29) is 21.9 Å². The van der Waals surface area contributed by atoms with Crippen LogP contribution in [0.15, 0.2) is 109 Å². The molecule has 4 aromatic carbocycles. The summed E-state index contributed by atoms with van der Waals surface area (Å²) in [5, 5.41) is 13.5. The van der Waals surface area contributed by atoms with Gasteiger partial charge in [0.05, 0.1) is 0 Å². The molecular formula is C28H25AsN2O7. The Morgan fingerprint density at radius 2 is 1.11 bits per heavy atom. The fraction of sp³-hybridized carbons (Fsp3) is 0.0357. The Hall–Kier alpha value is -4.27. The molecule has 0 fully saturated rings. The Balaban J connectivity index is 0.000000232. The van der Waals surface area contributed by atoms with E-state index in [4.69, 9.17) is 9.35 Å². The van der Waals surface area contributed by atoms with Gasteiger partial charge >= 0.3 is 88.4 Å². The first kappa shape index (κ1) is 28.3. The molecule has 0 aliphatic carbocycles. The summed E-state index contributed by atoms with van der Waals surface area (Å²) in [6, 6.07) is 30.5. The largest absolute Gasteiger partial charge is 0.322 e. The second kappa shape index (κ2) is 13.3. The predicted molar refractivity (Wildman–Crippen MR) is 143 cm³/mol. The van der Waals surface area contributed by atoms with Crippen molar-refractivity contribution in [1.29, 1.82) is 0 Å². The van der Waals surface area contributed by atoms with Crippen LogP contribution in [-0.2, 0) is 12.4 Å². The third-order valence-electron chi connectivity index (χ3n) is 5.10. The van der Waals surface area contributed by atoms with Crippen LogP contribution in [0.4, 0.5) is 11.4 Å². The van der Waals surface area contributed by atoms with E-state index in [9.17, 15) is 18.1 Å². The van der Waals surface area contributed by atoms with Crippen LogP contribution < -0.4 is 15.0 Å². The van der Waals surface area contributed by atoms with Gasteiger partial charge in [0.2, 0.25) is 0 Å². The van der Waals surface area contributed by atoms with E-state index in [1.807, 2.05) is 36.4 Å². The van der Waals surface area contributed by atoms with Crippen molar-refractivity contribution in [1.82, 2.24) is 0 Å². The number of carbonyl (C=O) groups excluding carboxylic acids is 3. The van der Waals surface area contributed by atoms with Crippen LogP contribution >= 0.6 is 0 Å². The van der Waals surface area contributed by atoms with Gasteiger partial charge in [0.15, 0.2) is 5.78 Å². The molecule has 1 unspecified atom stereocenters. The summed E-state index contributed by atoms with van der Waals surface area (Å²) >= 11 is -4.76. The number of carbonyl (C=O) groups is 3. The number of hydrogen-bond donors (Lipinski definition) is 4. The van der Waals surface area contributed by atoms with Gasteiger partial charge in [0.25, 0.3) is 5.91 Å². The molecule has 194 valence electrons. The molecule has 9 nitrogen and oxygen atoms in total. The standard InChI is InChI=1S/C20H15NO2.C8H10AsNO5/c22-19(15-7-3-1-4-8-15)16-11-13-18(14-12-16)21-20(23)17-9-5-2-6-10-17;1-6(11)10-8-4-2-7(3-5-8)9(12,13)15-14/h1-14H,(H,21,23);2-5,14H,1H3,(H,10,11)(H,12,13). The Morgan fingerprint density at radius 3 is 1.61 bits per heavy atom. The van der Waals surface area contributed by atoms with E-state index in [0.717, 1.165) is 0 Å². The van der Waals surface area contributed by atoms with Crippen molar-refractivity contribution in [2.24, 2.45) is 0 Å². The third-order valence-corrected chi connectivity index (χ3v) is 7.56. The molecule has 0 saturated heterocycles. The van der Waals surface area contributed by atoms with Gasteiger partial charge in [-0.3, -0.25) is 9.59 Å². The molecule has 0 saturated carbocycles. The maximum Gasteiger partial charge on any atom is 0.255 e. The smallest absolute Gasteiger partial charge is 0.255 e. The molecule has 1 atom stereocenters. The summed E-state index contributed by atoms with van der Waals surface area (Å²) in [7, 11) is 0. The Morgan fingerprint density at radius 1 is 0.658 bits per heavy atom. The summed E-state index contributed by atoms with van der Waals surface area (Å²) in [6.07, 6.45) is 0. The van der Waals surface area contributed by atoms with E-state index in [0.29, 0.717) is 28.1 Å². The van der Waals surface area contributed by atoms with Gasteiger partial charge in [-0.25, -0.2) is 0 Å². The second-order valence-corrected chi connectivity index (χ2v) is 11.5. The summed E-state index contributed by atoms with van der Waals surface area (Å²) < 4.78 is 23.8. The summed E-state index contributed by atoms with van der Waals surface area (Å²) in [4.78, 5) is 35.1. The minimum atomic E-state index is -4.76.